The highest BCUT2D eigenvalue weighted by Crippen LogP contribution is 2.27. The molecular weight excluding hydrogens is 300 g/mol. The van der Waals surface area contributed by atoms with E-state index in [2.05, 4.69) is 10.3 Å². The molecule has 0 aliphatic heterocycles. The molecule has 0 radical (unpaired) electrons. The summed E-state index contributed by atoms with van der Waals surface area (Å²) in [5.74, 6) is -0.109. The lowest BCUT2D eigenvalue weighted by molar-refractivity contribution is 0.103. The first-order valence-corrected chi connectivity index (χ1v) is 8.26. The molecule has 3 aromatic rings. The predicted molar refractivity (Wildman–Crippen MR) is 89.3 cm³/mol. The number of amides is 1. The van der Waals surface area contributed by atoms with E-state index >= 15 is 0 Å². The molecule has 1 aromatic carbocycles. The monoisotopic (exact) mass is 314 g/mol. The molecule has 0 bridgehead atoms. The molecule has 0 unspecified atom stereocenters. The van der Waals surface area contributed by atoms with Crippen LogP contribution < -0.4 is 5.32 Å². The highest BCUT2D eigenvalue weighted by atomic mass is 32.1. The molecule has 0 spiro atoms. The van der Waals surface area contributed by atoms with Crippen molar-refractivity contribution >= 4 is 34.3 Å². The fourth-order valence-corrected chi connectivity index (χ4v) is 3.48. The number of anilines is 1. The largest absolute Gasteiger partial charge is 0.321 e. The first-order chi connectivity index (χ1) is 10.1. The van der Waals surface area contributed by atoms with E-state index in [0.29, 0.717) is 4.88 Å². The maximum absolute atomic E-state index is 12.3. The molecule has 3 nitrogen and oxygen atoms in total. The van der Waals surface area contributed by atoms with Gasteiger partial charge in [0.2, 0.25) is 0 Å². The molecule has 3 rings (SSSR count). The van der Waals surface area contributed by atoms with Crippen molar-refractivity contribution in [1.82, 2.24) is 4.98 Å². The number of carbonyl (C=O) groups is 1. The smallest absolute Gasteiger partial charge is 0.267 e. The quantitative estimate of drug-likeness (QED) is 0.758. The summed E-state index contributed by atoms with van der Waals surface area (Å²) in [6.45, 7) is 4.00. The minimum absolute atomic E-state index is 0.109. The van der Waals surface area contributed by atoms with Gasteiger partial charge < -0.3 is 5.32 Å². The highest BCUT2D eigenvalue weighted by Gasteiger charge is 2.13. The van der Waals surface area contributed by atoms with Gasteiger partial charge in [-0.2, -0.15) is 11.3 Å². The van der Waals surface area contributed by atoms with Crippen LogP contribution in [0.2, 0.25) is 0 Å². The summed E-state index contributed by atoms with van der Waals surface area (Å²) in [5, 5.41) is 7.88. The number of benzene rings is 1. The number of nitrogens with one attached hydrogen (secondary N) is 1. The van der Waals surface area contributed by atoms with Gasteiger partial charge in [-0.1, -0.05) is 12.1 Å². The Hall–Kier alpha value is -1.98. The molecule has 21 heavy (non-hydrogen) atoms. The number of thiazole rings is 1. The Balaban J connectivity index is 1.81. The van der Waals surface area contributed by atoms with Crippen LogP contribution in [0.5, 0.6) is 0 Å². The highest BCUT2D eigenvalue weighted by molar-refractivity contribution is 7.17. The normalized spacial score (nSPS) is 10.6. The average Bonchev–Trinajstić information content (AvgIpc) is 3.12. The van der Waals surface area contributed by atoms with E-state index in [1.807, 2.05) is 48.9 Å². The van der Waals surface area contributed by atoms with Crippen molar-refractivity contribution in [3.8, 4) is 10.6 Å². The van der Waals surface area contributed by atoms with Gasteiger partial charge in [-0.15, -0.1) is 11.3 Å². The minimum atomic E-state index is -0.109. The molecule has 1 amide bonds. The Kier molecular flexibility index (Phi) is 3.86. The number of aromatic nitrogens is 1. The zero-order valence-corrected chi connectivity index (χ0v) is 13.3. The maximum atomic E-state index is 12.3. The average molecular weight is 314 g/mol. The number of thiophene rings is 1. The van der Waals surface area contributed by atoms with Crippen molar-refractivity contribution in [2.75, 3.05) is 5.32 Å². The summed E-state index contributed by atoms with van der Waals surface area (Å²) in [6.07, 6.45) is 1.64. The second kappa shape index (κ2) is 5.79. The summed E-state index contributed by atoms with van der Waals surface area (Å²) < 4.78 is 0. The second-order valence-corrected chi connectivity index (χ2v) is 6.62. The molecule has 0 atom stereocenters. The van der Waals surface area contributed by atoms with Crippen molar-refractivity contribution in [1.29, 1.82) is 0 Å². The van der Waals surface area contributed by atoms with Gasteiger partial charge in [0.15, 0.2) is 0 Å². The van der Waals surface area contributed by atoms with E-state index < -0.39 is 0 Å². The van der Waals surface area contributed by atoms with Crippen molar-refractivity contribution in [2.24, 2.45) is 0 Å². The lowest BCUT2D eigenvalue weighted by atomic mass is 10.1. The van der Waals surface area contributed by atoms with Gasteiger partial charge in [0.05, 0.1) is 6.20 Å². The molecule has 0 aliphatic rings. The summed E-state index contributed by atoms with van der Waals surface area (Å²) in [5.41, 5.74) is 4.09. The predicted octanol–water partition coefficient (Wildman–Crippen LogP) is 4.74. The first-order valence-electron chi connectivity index (χ1n) is 6.50. The number of nitrogens with zero attached hydrogens (tertiary/aromatic N) is 1. The molecule has 0 saturated carbocycles. The number of hydrogen-bond donors (Lipinski definition) is 1. The van der Waals surface area contributed by atoms with Crippen LogP contribution in [-0.4, -0.2) is 10.9 Å². The Morgan fingerprint density at radius 3 is 2.86 bits per heavy atom. The van der Waals surface area contributed by atoms with E-state index in [1.54, 1.807) is 17.5 Å². The second-order valence-electron chi connectivity index (χ2n) is 4.81. The summed E-state index contributed by atoms with van der Waals surface area (Å²) in [7, 11) is 0. The lowest BCUT2D eigenvalue weighted by Crippen LogP contribution is -2.11. The fraction of sp³-hybridized carbons (Fsp3) is 0.125. The molecule has 0 saturated heterocycles. The van der Waals surface area contributed by atoms with Gasteiger partial charge in [0.1, 0.15) is 9.88 Å². The van der Waals surface area contributed by atoms with Crippen LogP contribution in [-0.2, 0) is 0 Å². The van der Waals surface area contributed by atoms with Gasteiger partial charge in [0, 0.05) is 16.6 Å². The van der Waals surface area contributed by atoms with Crippen LogP contribution in [0, 0.1) is 13.8 Å². The Bertz CT molecular complexity index is 775. The molecule has 0 fully saturated rings. The third kappa shape index (κ3) is 3.04. The first kappa shape index (κ1) is 14.0. The van der Waals surface area contributed by atoms with Gasteiger partial charge in [-0.25, -0.2) is 4.98 Å². The molecule has 2 heterocycles. The lowest BCUT2D eigenvalue weighted by Gasteiger charge is -2.07. The van der Waals surface area contributed by atoms with E-state index in [0.717, 1.165) is 27.4 Å². The standard InChI is InChI=1S/C16H14N2OS2/c1-10-3-4-11(2)13(7-10)18-15(19)14-8-17-16(21-14)12-5-6-20-9-12/h3-9H,1-2H3,(H,18,19). The Labute approximate surface area is 131 Å². The number of aryl methyl sites for hydroxylation is 2. The molecule has 106 valence electrons. The third-order valence-corrected chi connectivity index (χ3v) is 4.87. The van der Waals surface area contributed by atoms with Crippen LogP contribution in [0.4, 0.5) is 5.69 Å². The number of rotatable bonds is 3. The topological polar surface area (TPSA) is 42.0 Å². The van der Waals surface area contributed by atoms with Gasteiger partial charge >= 0.3 is 0 Å². The third-order valence-electron chi connectivity index (χ3n) is 3.14. The molecule has 0 aliphatic carbocycles. The van der Waals surface area contributed by atoms with Gasteiger partial charge in [-0.05, 0) is 42.5 Å². The van der Waals surface area contributed by atoms with E-state index in [9.17, 15) is 4.79 Å². The van der Waals surface area contributed by atoms with Crippen molar-refractivity contribution in [3.05, 3.63) is 57.2 Å². The van der Waals surface area contributed by atoms with Crippen LogP contribution in [0.3, 0.4) is 0 Å². The molecule has 2 aromatic heterocycles. The van der Waals surface area contributed by atoms with Gasteiger partial charge in [-0.3, -0.25) is 4.79 Å². The van der Waals surface area contributed by atoms with Crippen LogP contribution in [0.1, 0.15) is 20.8 Å². The van der Waals surface area contributed by atoms with E-state index in [-0.39, 0.29) is 5.91 Å². The maximum Gasteiger partial charge on any atom is 0.267 e. The van der Waals surface area contributed by atoms with Crippen molar-refractivity contribution in [2.45, 2.75) is 13.8 Å². The fourth-order valence-electron chi connectivity index (χ4n) is 1.95. The summed E-state index contributed by atoms with van der Waals surface area (Å²) >= 11 is 3.04. The van der Waals surface area contributed by atoms with Crippen molar-refractivity contribution < 1.29 is 4.79 Å². The van der Waals surface area contributed by atoms with Crippen LogP contribution in [0.25, 0.3) is 10.6 Å². The Morgan fingerprint density at radius 1 is 1.24 bits per heavy atom. The Morgan fingerprint density at radius 2 is 2.10 bits per heavy atom. The summed E-state index contributed by atoms with van der Waals surface area (Å²) in [4.78, 5) is 17.3. The molecule has 5 heteroatoms. The van der Waals surface area contributed by atoms with Crippen LogP contribution >= 0.6 is 22.7 Å². The van der Waals surface area contributed by atoms with Gasteiger partial charge in [0.25, 0.3) is 5.91 Å². The van der Waals surface area contributed by atoms with E-state index in [4.69, 9.17) is 0 Å². The number of hydrogen-bond acceptors (Lipinski definition) is 4. The summed E-state index contributed by atoms with van der Waals surface area (Å²) in [6, 6.07) is 8.03. The molecular formula is C16H14N2OS2. The zero-order valence-electron chi connectivity index (χ0n) is 11.7. The SMILES string of the molecule is Cc1ccc(C)c(NC(=O)c2cnc(-c3ccsc3)s2)c1. The molecule has 1 N–H and O–H groups in total. The minimum Gasteiger partial charge on any atom is -0.321 e. The zero-order chi connectivity index (χ0) is 14.8. The number of carbonyl (C=O) groups excluding carboxylic acids is 1. The van der Waals surface area contributed by atoms with Crippen LogP contribution in [0.15, 0.2) is 41.2 Å². The van der Waals surface area contributed by atoms with Crippen molar-refractivity contribution in [3.63, 3.8) is 0 Å². The van der Waals surface area contributed by atoms with E-state index in [1.165, 1.54) is 11.3 Å².